The van der Waals surface area contributed by atoms with Crippen LogP contribution in [-0.4, -0.2) is 41.7 Å². The maximum atomic E-state index is 12.3. The summed E-state index contributed by atoms with van der Waals surface area (Å²) in [5, 5.41) is 12.0. The van der Waals surface area contributed by atoms with Gasteiger partial charge in [-0.2, -0.15) is 0 Å². The van der Waals surface area contributed by atoms with Gasteiger partial charge in [0.15, 0.2) is 0 Å². The molecule has 2 fully saturated rings. The van der Waals surface area contributed by atoms with Crippen LogP contribution >= 0.6 is 0 Å². The van der Waals surface area contributed by atoms with Crippen molar-refractivity contribution in [3.05, 3.63) is 29.3 Å². The maximum absolute atomic E-state index is 12.3. The molecule has 1 heterocycles. The Kier molecular flexibility index (Phi) is 5.46. The summed E-state index contributed by atoms with van der Waals surface area (Å²) in [6.45, 7) is 4.16. The second-order valence-corrected chi connectivity index (χ2v) is 7.12. The molecule has 1 aromatic rings. The van der Waals surface area contributed by atoms with E-state index in [0.29, 0.717) is 38.4 Å². The zero-order valence-corrected chi connectivity index (χ0v) is 14.7. The van der Waals surface area contributed by atoms with Gasteiger partial charge in [0.05, 0.1) is 12.5 Å². The lowest BCUT2D eigenvalue weighted by Crippen LogP contribution is -2.45. The van der Waals surface area contributed by atoms with Crippen LogP contribution < -0.4 is 10.1 Å². The van der Waals surface area contributed by atoms with Gasteiger partial charge in [-0.25, -0.2) is 4.79 Å². The molecule has 6 nitrogen and oxygen atoms in total. The normalized spacial score (nSPS) is 18.0. The second kappa shape index (κ2) is 7.76. The van der Waals surface area contributed by atoms with Crippen molar-refractivity contribution in [2.24, 2.45) is 11.8 Å². The summed E-state index contributed by atoms with van der Waals surface area (Å²) in [7, 11) is 0. The standard InChI is InChI=1S/C19H26N2O4/c1-13-2-5-16(17(10-13)25-12-14-3-4-14)11-20-19(24)21-8-6-15(7-9-21)18(22)23/h2,5,10,14-15H,3-4,6-9,11-12H2,1H3,(H,20,24)(H,22,23). The number of carbonyl (C=O) groups excluding carboxylic acids is 1. The molecule has 1 aromatic carbocycles. The molecule has 6 heteroatoms. The van der Waals surface area contributed by atoms with Crippen molar-refractivity contribution in [2.45, 2.75) is 39.2 Å². The Morgan fingerprint density at radius 3 is 2.60 bits per heavy atom. The predicted molar refractivity (Wildman–Crippen MR) is 93.6 cm³/mol. The first kappa shape index (κ1) is 17.6. The number of carboxylic acids is 1. The number of likely N-dealkylation sites (tertiary alicyclic amines) is 1. The molecule has 1 saturated heterocycles. The molecule has 25 heavy (non-hydrogen) atoms. The van der Waals surface area contributed by atoms with E-state index in [9.17, 15) is 9.59 Å². The SMILES string of the molecule is Cc1ccc(CNC(=O)N2CCC(C(=O)O)CC2)c(OCC2CC2)c1. The van der Waals surface area contributed by atoms with Crippen molar-refractivity contribution >= 4 is 12.0 Å². The van der Waals surface area contributed by atoms with E-state index in [1.54, 1.807) is 4.90 Å². The lowest BCUT2D eigenvalue weighted by Gasteiger charge is -2.30. The number of rotatable bonds is 6. The van der Waals surface area contributed by atoms with E-state index < -0.39 is 5.97 Å². The van der Waals surface area contributed by atoms with Crippen LogP contribution in [0.15, 0.2) is 18.2 Å². The van der Waals surface area contributed by atoms with Gasteiger partial charge in [-0.05, 0) is 50.2 Å². The van der Waals surface area contributed by atoms with E-state index in [4.69, 9.17) is 9.84 Å². The first-order valence-corrected chi connectivity index (χ1v) is 9.01. The van der Waals surface area contributed by atoms with Gasteiger partial charge >= 0.3 is 12.0 Å². The number of ether oxygens (including phenoxy) is 1. The number of nitrogens with one attached hydrogen (secondary N) is 1. The average molecular weight is 346 g/mol. The lowest BCUT2D eigenvalue weighted by atomic mass is 9.97. The third-order valence-electron chi connectivity index (χ3n) is 4.96. The largest absolute Gasteiger partial charge is 0.493 e. The first-order chi connectivity index (χ1) is 12.0. The molecule has 1 saturated carbocycles. The van der Waals surface area contributed by atoms with Crippen molar-refractivity contribution in [3.8, 4) is 5.75 Å². The molecule has 2 amide bonds. The fraction of sp³-hybridized carbons (Fsp3) is 0.579. The van der Waals surface area contributed by atoms with Crippen LogP contribution in [0, 0.1) is 18.8 Å². The van der Waals surface area contributed by atoms with Crippen LogP contribution in [0.25, 0.3) is 0 Å². The van der Waals surface area contributed by atoms with Gasteiger partial charge in [0, 0.05) is 25.2 Å². The summed E-state index contributed by atoms with van der Waals surface area (Å²) in [4.78, 5) is 25.0. The molecule has 2 aliphatic rings. The molecule has 3 rings (SSSR count). The number of hydrogen-bond donors (Lipinski definition) is 2. The minimum absolute atomic E-state index is 0.141. The molecule has 136 valence electrons. The van der Waals surface area contributed by atoms with E-state index in [1.165, 1.54) is 12.8 Å². The zero-order chi connectivity index (χ0) is 17.8. The average Bonchev–Trinajstić information content (AvgIpc) is 3.43. The number of aryl methyl sites for hydroxylation is 1. The Bertz CT molecular complexity index is 634. The number of carboxylic acid groups (broad SMARTS) is 1. The Hall–Kier alpha value is -2.24. The number of benzene rings is 1. The minimum Gasteiger partial charge on any atom is -0.493 e. The number of piperidine rings is 1. The monoisotopic (exact) mass is 346 g/mol. The van der Waals surface area contributed by atoms with Crippen molar-refractivity contribution in [2.75, 3.05) is 19.7 Å². The Morgan fingerprint density at radius 1 is 1.24 bits per heavy atom. The number of carbonyl (C=O) groups is 2. The van der Waals surface area contributed by atoms with Gasteiger partial charge in [-0.15, -0.1) is 0 Å². The molecule has 0 unspecified atom stereocenters. The molecule has 1 aliphatic heterocycles. The number of aliphatic carboxylic acids is 1. The molecular weight excluding hydrogens is 320 g/mol. The van der Waals surface area contributed by atoms with Crippen LogP contribution in [0.1, 0.15) is 36.8 Å². The summed E-state index contributed by atoms with van der Waals surface area (Å²) in [5.74, 6) is 0.427. The number of nitrogens with zero attached hydrogens (tertiary/aromatic N) is 1. The highest BCUT2D eigenvalue weighted by Gasteiger charge is 2.27. The van der Waals surface area contributed by atoms with Gasteiger partial charge < -0.3 is 20.1 Å². The second-order valence-electron chi connectivity index (χ2n) is 7.12. The smallest absolute Gasteiger partial charge is 0.317 e. The van der Waals surface area contributed by atoms with Gasteiger partial charge in [0.2, 0.25) is 0 Å². The highest BCUT2D eigenvalue weighted by atomic mass is 16.5. The fourth-order valence-electron chi connectivity index (χ4n) is 3.05. The van der Waals surface area contributed by atoms with Crippen molar-refractivity contribution in [3.63, 3.8) is 0 Å². The quantitative estimate of drug-likeness (QED) is 0.830. The highest BCUT2D eigenvalue weighted by Crippen LogP contribution is 2.30. The van der Waals surface area contributed by atoms with Crippen LogP contribution in [0.2, 0.25) is 0 Å². The van der Waals surface area contributed by atoms with E-state index >= 15 is 0 Å². The van der Waals surface area contributed by atoms with Gasteiger partial charge in [-0.3, -0.25) is 4.79 Å². The molecular formula is C19H26N2O4. The number of urea groups is 1. The third-order valence-corrected chi connectivity index (χ3v) is 4.96. The van der Waals surface area contributed by atoms with Gasteiger partial charge in [0.1, 0.15) is 5.75 Å². The summed E-state index contributed by atoms with van der Waals surface area (Å²) >= 11 is 0. The zero-order valence-electron chi connectivity index (χ0n) is 14.7. The Balaban J connectivity index is 1.52. The molecule has 0 atom stereocenters. The van der Waals surface area contributed by atoms with E-state index in [0.717, 1.165) is 23.5 Å². The van der Waals surface area contributed by atoms with Crippen molar-refractivity contribution in [1.82, 2.24) is 10.2 Å². The van der Waals surface area contributed by atoms with Crippen LogP contribution in [0.5, 0.6) is 5.75 Å². The molecule has 0 radical (unpaired) electrons. The molecule has 2 N–H and O–H groups in total. The topological polar surface area (TPSA) is 78.9 Å². The molecule has 1 aliphatic carbocycles. The van der Waals surface area contributed by atoms with Crippen molar-refractivity contribution in [1.29, 1.82) is 0 Å². The fourth-order valence-corrected chi connectivity index (χ4v) is 3.05. The maximum Gasteiger partial charge on any atom is 0.317 e. The highest BCUT2D eigenvalue weighted by molar-refractivity contribution is 5.75. The van der Waals surface area contributed by atoms with Gasteiger partial charge in [0.25, 0.3) is 0 Å². The number of amides is 2. The third kappa shape index (κ3) is 4.87. The first-order valence-electron chi connectivity index (χ1n) is 9.01. The lowest BCUT2D eigenvalue weighted by molar-refractivity contribution is -0.143. The van der Waals surface area contributed by atoms with Crippen LogP contribution in [-0.2, 0) is 11.3 Å². The molecule has 0 spiro atoms. The van der Waals surface area contributed by atoms with Crippen molar-refractivity contribution < 1.29 is 19.4 Å². The summed E-state index contributed by atoms with van der Waals surface area (Å²) in [6.07, 6.45) is 3.51. The Labute approximate surface area is 148 Å². The van der Waals surface area contributed by atoms with Crippen LogP contribution in [0.4, 0.5) is 4.79 Å². The molecule has 0 bridgehead atoms. The van der Waals surface area contributed by atoms with Gasteiger partial charge in [-0.1, -0.05) is 12.1 Å². The van der Waals surface area contributed by atoms with E-state index in [-0.39, 0.29) is 11.9 Å². The summed E-state index contributed by atoms with van der Waals surface area (Å²) in [5.41, 5.74) is 2.11. The summed E-state index contributed by atoms with van der Waals surface area (Å²) in [6, 6.07) is 5.89. The predicted octanol–water partition coefficient (Wildman–Crippen LogP) is 2.79. The summed E-state index contributed by atoms with van der Waals surface area (Å²) < 4.78 is 5.93. The Morgan fingerprint density at radius 2 is 1.96 bits per heavy atom. The van der Waals surface area contributed by atoms with E-state index in [1.807, 2.05) is 25.1 Å². The van der Waals surface area contributed by atoms with E-state index in [2.05, 4.69) is 5.32 Å². The minimum atomic E-state index is -0.767. The van der Waals surface area contributed by atoms with Crippen LogP contribution in [0.3, 0.4) is 0 Å². The number of hydrogen-bond acceptors (Lipinski definition) is 3. The molecule has 0 aromatic heterocycles.